The molecule has 0 N–H and O–H groups in total. The number of aryl methyl sites for hydroxylation is 1. The summed E-state index contributed by atoms with van der Waals surface area (Å²) in [5.74, 6) is 1.20. The van der Waals surface area contributed by atoms with Crippen LogP contribution in [-0.2, 0) is 41.5 Å². The minimum Gasteiger partial charge on any atom is -0.358 e. The molecule has 0 saturated heterocycles. The van der Waals surface area contributed by atoms with Crippen molar-refractivity contribution in [3.63, 3.8) is 0 Å². The molecule has 45 heavy (non-hydrogen) atoms. The van der Waals surface area contributed by atoms with Crippen molar-refractivity contribution in [1.29, 1.82) is 0 Å². The average molecular weight is 672 g/mol. The van der Waals surface area contributed by atoms with Crippen LogP contribution in [0, 0.1) is 44.4 Å². The molecule has 0 radical (unpaired) electrons. The maximum absolute atomic E-state index is 3.65. The van der Waals surface area contributed by atoms with Gasteiger partial charge in [-0.3, -0.25) is 12.2 Å². The molecule has 0 aliphatic heterocycles. The Morgan fingerprint density at radius 3 is 1.82 bits per heavy atom. The number of hydrogen-bond acceptors (Lipinski definition) is 0. The molecule has 4 aliphatic carbocycles. The molecule has 0 saturated carbocycles. The monoisotopic (exact) mass is 670 g/mol. The number of fused-ring (bicyclic) bond motifs is 5. The molecule has 0 spiro atoms. The van der Waals surface area contributed by atoms with E-state index in [-0.39, 0.29) is 18.3 Å². The first-order valence-corrected chi connectivity index (χ1v) is 17.7. The van der Waals surface area contributed by atoms with Crippen LogP contribution >= 0.6 is 0 Å². The zero-order valence-corrected chi connectivity index (χ0v) is 32.3. The molecule has 3 aromatic rings. The van der Waals surface area contributed by atoms with Gasteiger partial charge in [0.2, 0.25) is 0 Å². The topological polar surface area (TPSA) is 0 Å². The van der Waals surface area contributed by atoms with Crippen molar-refractivity contribution >= 4 is 15.4 Å². The van der Waals surface area contributed by atoms with Crippen LogP contribution in [0.3, 0.4) is 0 Å². The van der Waals surface area contributed by atoms with Gasteiger partial charge in [0.25, 0.3) is 0 Å². The summed E-state index contributed by atoms with van der Waals surface area (Å²) in [7, 11) is 0. The van der Waals surface area contributed by atoms with E-state index in [0.29, 0.717) is 11.8 Å². The predicted octanol–water partition coefficient (Wildman–Crippen LogP) is 11.6. The van der Waals surface area contributed by atoms with Crippen LogP contribution in [0.2, 0.25) is 0 Å². The van der Waals surface area contributed by atoms with Gasteiger partial charge in [-0.25, -0.2) is 11.1 Å². The second kappa shape index (κ2) is 14.4. The van der Waals surface area contributed by atoms with E-state index in [2.05, 4.69) is 135 Å². The fourth-order valence-electron chi connectivity index (χ4n) is 7.23. The maximum atomic E-state index is 3.65. The zero-order valence-electron chi connectivity index (χ0n) is 29.8. The Bertz CT molecular complexity index is 1580. The standard InChI is InChI=1S/C25H25.C10H15.C7H7.CH3.CH2.Zr/c1-14-12-24(3,4)22-8-16-7-17-9-23-19(15(2)13-25(23,5)6)11-21(17)20(16)10-18(14)22;1-7(2)10-6-8(3)5-9(10)4;1-7-5-3-2-4-6-7;;;/h8-12H,7H2,1-6H3;6-8H,1-4H3;3-6H,1H3;1H3;1H2;/q4*-1;;. The molecular weight excluding hydrogens is 620 g/mol. The summed E-state index contributed by atoms with van der Waals surface area (Å²) in [5, 5.41) is 0. The Balaban J connectivity index is 0.000000228. The second-order valence-corrected chi connectivity index (χ2v) is 14.1. The van der Waals surface area contributed by atoms with Gasteiger partial charge in [0.15, 0.2) is 0 Å². The second-order valence-electron chi connectivity index (χ2n) is 14.1. The van der Waals surface area contributed by atoms with Crippen LogP contribution < -0.4 is 0 Å². The molecular formula is C44H52Zr-4. The summed E-state index contributed by atoms with van der Waals surface area (Å²) in [6.07, 6.45) is 12.8. The van der Waals surface area contributed by atoms with Crippen molar-refractivity contribution in [2.45, 2.75) is 93.4 Å². The van der Waals surface area contributed by atoms with Gasteiger partial charge in [-0.15, -0.1) is 11.6 Å². The van der Waals surface area contributed by atoms with E-state index in [1.807, 2.05) is 24.3 Å². The number of hydrogen-bond donors (Lipinski definition) is 0. The van der Waals surface area contributed by atoms with Crippen LogP contribution in [0.5, 0.6) is 0 Å². The van der Waals surface area contributed by atoms with Gasteiger partial charge in [-0.1, -0.05) is 105 Å². The van der Waals surface area contributed by atoms with Crippen LogP contribution in [0.1, 0.15) is 108 Å². The summed E-state index contributed by atoms with van der Waals surface area (Å²) in [6.45, 7) is 24.5. The third-order valence-corrected chi connectivity index (χ3v) is 9.25. The van der Waals surface area contributed by atoms with Crippen molar-refractivity contribution in [1.82, 2.24) is 0 Å². The SMILES string of the molecule is CC1=[C-]C(C)(C)c2cc3c(cc21)-c1cc2c(cc1C3)C(C)(C)C=C2C.CC1=[C-]C(C)C=C1C(C)C.Cc1cc[c-]cc1.[CH2]=[Zr].[CH3-]. The Hall–Kier alpha value is -2.63. The van der Waals surface area contributed by atoms with E-state index in [1.165, 1.54) is 96.6 Å². The summed E-state index contributed by atoms with van der Waals surface area (Å²) in [6, 6.07) is 20.6. The van der Waals surface area contributed by atoms with E-state index < -0.39 is 0 Å². The first-order chi connectivity index (χ1) is 20.7. The molecule has 0 bridgehead atoms. The van der Waals surface area contributed by atoms with Crippen LogP contribution in [-0.4, -0.2) is 4.21 Å². The molecule has 236 valence electrons. The van der Waals surface area contributed by atoms with Gasteiger partial charge in [0.05, 0.1) is 0 Å². The van der Waals surface area contributed by atoms with Crippen molar-refractivity contribution in [2.75, 3.05) is 0 Å². The quantitative estimate of drug-likeness (QED) is 0.177. The van der Waals surface area contributed by atoms with Gasteiger partial charge in [0, 0.05) is 5.41 Å². The minimum atomic E-state index is 0. The molecule has 7 rings (SSSR count). The molecule has 0 fully saturated rings. The summed E-state index contributed by atoms with van der Waals surface area (Å²) in [4.78, 5) is 0. The molecule has 0 nitrogen and oxygen atoms in total. The molecule has 0 heterocycles. The maximum Gasteiger partial charge on any atom is -0.358 e. The summed E-state index contributed by atoms with van der Waals surface area (Å²) in [5.41, 5.74) is 18.7. The van der Waals surface area contributed by atoms with Crippen LogP contribution in [0.4, 0.5) is 0 Å². The zero-order chi connectivity index (χ0) is 32.6. The fourth-order valence-corrected chi connectivity index (χ4v) is 7.23. The molecule has 1 atom stereocenters. The van der Waals surface area contributed by atoms with Gasteiger partial charge in [-0.05, 0) is 58.4 Å². The van der Waals surface area contributed by atoms with Crippen molar-refractivity contribution in [3.05, 3.63) is 136 Å². The van der Waals surface area contributed by atoms with E-state index in [1.54, 1.807) is 0 Å². The minimum absolute atomic E-state index is 0. The summed E-state index contributed by atoms with van der Waals surface area (Å²) >= 11 is 1.30. The first kappa shape index (κ1) is 36.8. The normalized spacial score (nSPS) is 18.4. The Morgan fingerprint density at radius 2 is 1.36 bits per heavy atom. The molecule has 1 unspecified atom stereocenters. The third-order valence-electron chi connectivity index (χ3n) is 9.25. The first-order valence-electron chi connectivity index (χ1n) is 16.0. The molecule has 3 aromatic carbocycles. The van der Waals surface area contributed by atoms with Crippen molar-refractivity contribution < 1.29 is 24.2 Å². The fraction of sp³-hybridized carbons (Fsp3) is 0.364. The Kier molecular flexibility index (Phi) is 11.8. The van der Waals surface area contributed by atoms with E-state index in [0.717, 1.165) is 6.42 Å². The molecule has 0 aromatic heterocycles. The van der Waals surface area contributed by atoms with Crippen LogP contribution in [0.15, 0.2) is 71.8 Å². The molecule has 0 amide bonds. The van der Waals surface area contributed by atoms with E-state index in [4.69, 9.17) is 0 Å². The Morgan fingerprint density at radius 1 is 0.800 bits per heavy atom. The van der Waals surface area contributed by atoms with E-state index in [9.17, 15) is 0 Å². The predicted molar refractivity (Wildman–Crippen MR) is 195 cm³/mol. The van der Waals surface area contributed by atoms with Crippen molar-refractivity contribution in [2.24, 2.45) is 11.8 Å². The van der Waals surface area contributed by atoms with Gasteiger partial charge in [0.1, 0.15) is 0 Å². The van der Waals surface area contributed by atoms with Gasteiger partial charge < -0.3 is 7.43 Å². The van der Waals surface area contributed by atoms with Crippen LogP contribution in [0.25, 0.3) is 22.3 Å². The van der Waals surface area contributed by atoms with E-state index >= 15 is 0 Å². The molecule has 4 aliphatic rings. The Labute approximate surface area is 290 Å². The average Bonchev–Trinajstić information content (AvgIpc) is 3.63. The number of benzene rings is 3. The number of allylic oxidation sites excluding steroid dienone is 8. The smallest absolute Gasteiger partial charge is 0.358 e. The van der Waals surface area contributed by atoms with Gasteiger partial charge >= 0.3 is 28.4 Å². The molecule has 1 heteroatoms. The largest absolute Gasteiger partial charge is 0.358 e. The number of rotatable bonds is 1. The summed E-state index contributed by atoms with van der Waals surface area (Å²) < 4.78 is 3.34. The third kappa shape index (κ3) is 7.68. The van der Waals surface area contributed by atoms with Gasteiger partial charge in [-0.2, -0.15) is 53.1 Å². The van der Waals surface area contributed by atoms with Crippen molar-refractivity contribution in [3.8, 4) is 11.1 Å².